The molecule has 2 aliphatic heterocycles. The summed E-state index contributed by atoms with van der Waals surface area (Å²) in [5.74, 6) is -2.56. The minimum absolute atomic E-state index is 0.0178. The molecule has 0 bridgehead atoms. The lowest BCUT2D eigenvalue weighted by molar-refractivity contribution is -0.303. The predicted octanol–water partition coefficient (Wildman–Crippen LogP) is 0.831. The number of fused-ring (bicyclic) bond motifs is 1. The van der Waals surface area contributed by atoms with Crippen molar-refractivity contribution in [1.29, 1.82) is 0 Å². The zero-order chi connectivity index (χ0) is 23.0. The molecule has 1 fully saturated rings. The quantitative estimate of drug-likeness (QED) is 0.358. The lowest BCUT2D eigenvalue weighted by Gasteiger charge is -2.44. The van der Waals surface area contributed by atoms with Crippen LogP contribution in [0.5, 0.6) is 0 Å². The summed E-state index contributed by atoms with van der Waals surface area (Å²) in [6.07, 6.45) is -1.72. The molecule has 174 valence electrons. The van der Waals surface area contributed by atoms with Crippen LogP contribution >= 0.6 is 0 Å². The Hall–Kier alpha value is -2.30. The van der Waals surface area contributed by atoms with Crippen LogP contribution in [0.3, 0.4) is 0 Å². The van der Waals surface area contributed by atoms with E-state index < -0.39 is 61.1 Å². The Morgan fingerprint density at radius 3 is 2.55 bits per heavy atom. The van der Waals surface area contributed by atoms with E-state index in [9.17, 15) is 24.3 Å². The van der Waals surface area contributed by atoms with Crippen LogP contribution in [-0.4, -0.2) is 73.2 Å². The fraction of sp³-hybridized carbons (Fsp3) is 0.714. The molecule has 1 saturated heterocycles. The summed E-state index contributed by atoms with van der Waals surface area (Å²) in [6, 6.07) is 0. The van der Waals surface area contributed by atoms with Gasteiger partial charge in [0.2, 0.25) is 0 Å². The first-order valence-electron chi connectivity index (χ1n) is 10.3. The molecule has 0 radical (unpaired) electrons. The Balaban J connectivity index is 2.34. The van der Waals surface area contributed by atoms with Gasteiger partial charge in [0.05, 0.1) is 18.9 Å². The van der Waals surface area contributed by atoms with Crippen LogP contribution in [0.4, 0.5) is 0 Å². The van der Waals surface area contributed by atoms with Crippen molar-refractivity contribution in [2.75, 3.05) is 13.7 Å². The van der Waals surface area contributed by atoms with Gasteiger partial charge in [-0.25, -0.2) is 0 Å². The Kier molecular flexibility index (Phi) is 9.60. The van der Waals surface area contributed by atoms with Crippen molar-refractivity contribution < 1.29 is 48.0 Å². The van der Waals surface area contributed by atoms with Gasteiger partial charge in [0, 0.05) is 20.0 Å². The van der Waals surface area contributed by atoms with E-state index in [-0.39, 0.29) is 25.0 Å². The van der Waals surface area contributed by atoms with Gasteiger partial charge in [0.25, 0.3) is 0 Å². The van der Waals surface area contributed by atoms with E-state index in [1.54, 1.807) is 19.1 Å². The lowest BCUT2D eigenvalue weighted by Crippen LogP contribution is -2.63. The number of Topliss-reactive ketones (excluding diaryl/α,β-unsaturated/α-hetero) is 1. The number of hydrogen-bond donors (Lipinski definition) is 1. The number of ketones is 1. The van der Waals surface area contributed by atoms with E-state index in [4.69, 9.17) is 23.7 Å². The summed E-state index contributed by atoms with van der Waals surface area (Å²) in [6.45, 7) is 2.49. The van der Waals surface area contributed by atoms with Gasteiger partial charge in [-0.05, 0) is 19.8 Å². The maximum atomic E-state index is 12.6. The third-order valence-electron chi connectivity index (χ3n) is 5.05. The summed E-state index contributed by atoms with van der Waals surface area (Å²) in [4.78, 5) is 48.4. The summed E-state index contributed by atoms with van der Waals surface area (Å²) < 4.78 is 27.4. The van der Waals surface area contributed by atoms with Crippen molar-refractivity contribution in [3.8, 4) is 0 Å². The van der Waals surface area contributed by atoms with E-state index in [0.29, 0.717) is 12.8 Å². The average molecular weight is 442 g/mol. The molecule has 10 nitrogen and oxygen atoms in total. The standard InChI is InChI=1S/C21H30O10/c1-12-7-5-4-6-8-15(24)29-18-17(31-20(12)26)14(11-22)28-21(27-3)19(18)30-16(25)10-9-13(2)23/h4-5,12,14,17-19,21-22H,6-11H2,1-3H3/t12-,14-,17-,18+,19-,21+/m1/s1. The number of ether oxygens (including phenoxy) is 5. The first kappa shape index (κ1) is 25.0. The van der Waals surface area contributed by atoms with E-state index >= 15 is 0 Å². The number of rotatable bonds is 6. The van der Waals surface area contributed by atoms with Crippen molar-refractivity contribution in [2.24, 2.45) is 5.92 Å². The fourth-order valence-electron chi connectivity index (χ4n) is 3.28. The minimum Gasteiger partial charge on any atom is -0.455 e. The Bertz CT molecular complexity index is 688. The molecule has 0 aromatic rings. The number of hydrogen-bond acceptors (Lipinski definition) is 10. The highest BCUT2D eigenvalue weighted by Crippen LogP contribution is 2.30. The number of aliphatic hydroxyl groups excluding tert-OH is 1. The summed E-state index contributed by atoms with van der Waals surface area (Å²) in [5, 5.41) is 9.79. The molecule has 6 atom stereocenters. The summed E-state index contributed by atoms with van der Waals surface area (Å²) >= 11 is 0. The molecule has 2 rings (SSSR count). The van der Waals surface area contributed by atoms with Crippen molar-refractivity contribution in [3.05, 3.63) is 12.2 Å². The second-order valence-electron chi connectivity index (χ2n) is 7.62. The third-order valence-corrected chi connectivity index (χ3v) is 5.05. The van der Waals surface area contributed by atoms with Crippen molar-refractivity contribution in [2.45, 2.75) is 76.7 Å². The van der Waals surface area contributed by atoms with E-state index in [1.807, 2.05) is 0 Å². The highest BCUT2D eigenvalue weighted by Gasteiger charge is 2.52. The van der Waals surface area contributed by atoms with Gasteiger partial charge in [-0.2, -0.15) is 0 Å². The Morgan fingerprint density at radius 1 is 1.16 bits per heavy atom. The topological polar surface area (TPSA) is 135 Å². The molecular formula is C21H30O10. The van der Waals surface area contributed by atoms with Gasteiger partial charge in [-0.1, -0.05) is 19.1 Å². The number of carbonyl (C=O) groups excluding carboxylic acids is 4. The fourth-order valence-corrected chi connectivity index (χ4v) is 3.28. The zero-order valence-corrected chi connectivity index (χ0v) is 18.0. The SMILES string of the molecule is CO[C@H]1O[C@H](CO)[C@H]2OC(=O)[C@H](C)CC=CCCC(=O)O[C@@H]2[C@H]1OC(=O)CCC(C)=O. The highest BCUT2D eigenvalue weighted by atomic mass is 16.7. The Morgan fingerprint density at radius 2 is 1.90 bits per heavy atom. The molecule has 2 aliphatic rings. The van der Waals surface area contributed by atoms with Crippen LogP contribution in [0.15, 0.2) is 12.2 Å². The number of carbonyl (C=O) groups is 4. The van der Waals surface area contributed by atoms with E-state index in [1.165, 1.54) is 14.0 Å². The molecule has 0 aromatic carbocycles. The monoisotopic (exact) mass is 442 g/mol. The molecular weight excluding hydrogens is 412 g/mol. The van der Waals surface area contributed by atoms with Crippen molar-refractivity contribution in [1.82, 2.24) is 0 Å². The molecule has 2 heterocycles. The number of aliphatic hydroxyl groups is 1. The number of allylic oxidation sites excluding steroid dienone is 2. The van der Waals surface area contributed by atoms with Gasteiger partial charge in [-0.3, -0.25) is 14.4 Å². The second-order valence-corrected chi connectivity index (χ2v) is 7.62. The van der Waals surface area contributed by atoms with Gasteiger partial charge >= 0.3 is 17.9 Å². The number of methoxy groups -OCH3 is 1. The predicted molar refractivity (Wildman–Crippen MR) is 104 cm³/mol. The number of esters is 3. The molecule has 0 amide bonds. The zero-order valence-electron chi connectivity index (χ0n) is 18.0. The van der Waals surface area contributed by atoms with Gasteiger partial charge in [-0.15, -0.1) is 0 Å². The average Bonchev–Trinajstić information content (AvgIpc) is 2.73. The van der Waals surface area contributed by atoms with Crippen LogP contribution in [0.2, 0.25) is 0 Å². The second kappa shape index (κ2) is 11.9. The summed E-state index contributed by atoms with van der Waals surface area (Å²) in [5.41, 5.74) is 0. The molecule has 0 aliphatic carbocycles. The molecule has 0 unspecified atom stereocenters. The molecule has 10 heteroatoms. The summed E-state index contributed by atoms with van der Waals surface area (Å²) in [7, 11) is 1.30. The van der Waals surface area contributed by atoms with Crippen LogP contribution < -0.4 is 0 Å². The van der Waals surface area contributed by atoms with E-state index in [2.05, 4.69) is 0 Å². The van der Waals surface area contributed by atoms with Crippen LogP contribution in [0.1, 0.15) is 46.0 Å². The van der Waals surface area contributed by atoms with Crippen LogP contribution in [0, 0.1) is 5.92 Å². The molecule has 31 heavy (non-hydrogen) atoms. The van der Waals surface area contributed by atoms with E-state index in [0.717, 1.165) is 0 Å². The maximum absolute atomic E-state index is 12.6. The van der Waals surface area contributed by atoms with Crippen molar-refractivity contribution in [3.63, 3.8) is 0 Å². The van der Waals surface area contributed by atoms with Gasteiger partial charge in [0.1, 0.15) is 11.9 Å². The normalized spacial score (nSPS) is 32.0. The van der Waals surface area contributed by atoms with Gasteiger partial charge < -0.3 is 33.6 Å². The van der Waals surface area contributed by atoms with Crippen LogP contribution in [-0.2, 0) is 42.9 Å². The molecule has 0 aromatic heterocycles. The third kappa shape index (κ3) is 7.12. The Labute approximate surface area is 180 Å². The smallest absolute Gasteiger partial charge is 0.309 e. The molecule has 0 spiro atoms. The largest absolute Gasteiger partial charge is 0.455 e. The van der Waals surface area contributed by atoms with Crippen LogP contribution in [0.25, 0.3) is 0 Å². The molecule has 1 N–H and O–H groups in total. The van der Waals surface area contributed by atoms with Gasteiger partial charge in [0.15, 0.2) is 24.6 Å². The lowest BCUT2D eigenvalue weighted by atomic mass is 9.97. The minimum atomic E-state index is -1.26. The maximum Gasteiger partial charge on any atom is 0.309 e. The first-order chi connectivity index (χ1) is 14.8. The van der Waals surface area contributed by atoms with Crippen molar-refractivity contribution >= 4 is 23.7 Å². The highest BCUT2D eigenvalue weighted by molar-refractivity contribution is 5.81. The molecule has 0 saturated carbocycles. The first-order valence-corrected chi connectivity index (χ1v) is 10.3.